The molecule has 1 aromatic heterocycles. The molecule has 1 aromatic rings. The van der Waals surface area contributed by atoms with Gasteiger partial charge in [0.05, 0.1) is 18.9 Å². The molecular weight excluding hydrogens is 252 g/mol. The lowest BCUT2D eigenvalue weighted by Crippen LogP contribution is -2.32. The predicted octanol–water partition coefficient (Wildman–Crippen LogP) is 2.95. The fraction of sp³-hybridized carbons (Fsp3) is 0.688. The minimum Gasteiger partial charge on any atom is -0.492 e. The van der Waals surface area contributed by atoms with E-state index in [2.05, 4.69) is 30.2 Å². The molecule has 3 unspecified atom stereocenters. The molecule has 2 heterocycles. The summed E-state index contributed by atoms with van der Waals surface area (Å²) >= 11 is 0. The minimum absolute atomic E-state index is 0.292. The monoisotopic (exact) mass is 278 g/mol. The van der Waals surface area contributed by atoms with Crippen LogP contribution < -0.4 is 10.1 Å². The zero-order valence-corrected chi connectivity index (χ0v) is 12.8. The molecule has 0 saturated carbocycles. The molecule has 0 amide bonds. The molecule has 3 atom stereocenters. The van der Waals surface area contributed by atoms with Crippen molar-refractivity contribution in [1.82, 2.24) is 10.3 Å². The summed E-state index contributed by atoms with van der Waals surface area (Å²) in [6.45, 7) is 8.80. The lowest BCUT2D eigenvalue weighted by Gasteiger charge is -2.28. The topological polar surface area (TPSA) is 43.4 Å². The van der Waals surface area contributed by atoms with Crippen molar-refractivity contribution in [3.05, 3.63) is 24.0 Å². The Kier molecular flexibility index (Phi) is 5.80. The lowest BCUT2D eigenvalue weighted by molar-refractivity contribution is 0.0775. The van der Waals surface area contributed by atoms with Gasteiger partial charge in [-0.2, -0.15) is 0 Å². The summed E-state index contributed by atoms with van der Waals surface area (Å²) in [6.07, 6.45) is 6.23. The maximum Gasteiger partial charge on any atom is 0.137 e. The minimum atomic E-state index is 0.292. The number of aromatic nitrogens is 1. The van der Waals surface area contributed by atoms with Crippen LogP contribution in [0.3, 0.4) is 0 Å². The fourth-order valence-corrected chi connectivity index (χ4v) is 3.05. The SMILES string of the molecule is CCNC(c1cncc(OCC)c1)C1CCOC1CC. The summed E-state index contributed by atoms with van der Waals surface area (Å²) in [5.74, 6) is 1.36. The van der Waals surface area contributed by atoms with Crippen LogP contribution in [0.15, 0.2) is 18.5 Å². The predicted molar refractivity (Wildman–Crippen MR) is 80.0 cm³/mol. The Morgan fingerprint density at radius 2 is 2.25 bits per heavy atom. The molecule has 1 saturated heterocycles. The number of hydrogen-bond donors (Lipinski definition) is 1. The van der Waals surface area contributed by atoms with Gasteiger partial charge >= 0.3 is 0 Å². The maximum absolute atomic E-state index is 5.85. The Balaban J connectivity index is 2.21. The van der Waals surface area contributed by atoms with Crippen molar-refractivity contribution in [3.63, 3.8) is 0 Å². The van der Waals surface area contributed by atoms with E-state index in [1.54, 1.807) is 6.20 Å². The number of rotatable bonds is 7. The van der Waals surface area contributed by atoms with Gasteiger partial charge in [0.2, 0.25) is 0 Å². The molecule has 1 aliphatic heterocycles. The molecule has 0 bridgehead atoms. The van der Waals surface area contributed by atoms with Crippen molar-refractivity contribution >= 4 is 0 Å². The van der Waals surface area contributed by atoms with Gasteiger partial charge in [-0.3, -0.25) is 4.98 Å². The van der Waals surface area contributed by atoms with Crippen LogP contribution >= 0.6 is 0 Å². The zero-order chi connectivity index (χ0) is 14.4. The van der Waals surface area contributed by atoms with Crippen LogP contribution in [-0.2, 0) is 4.74 Å². The van der Waals surface area contributed by atoms with E-state index in [1.807, 2.05) is 13.1 Å². The molecule has 4 nitrogen and oxygen atoms in total. The summed E-state index contributed by atoms with van der Waals surface area (Å²) in [6, 6.07) is 2.40. The van der Waals surface area contributed by atoms with Crippen LogP contribution in [0.25, 0.3) is 0 Å². The van der Waals surface area contributed by atoms with E-state index in [0.29, 0.717) is 24.7 Å². The molecule has 1 aliphatic rings. The second-order valence-electron chi connectivity index (χ2n) is 5.19. The third kappa shape index (κ3) is 3.49. The number of hydrogen-bond acceptors (Lipinski definition) is 4. The van der Waals surface area contributed by atoms with Crippen molar-refractivity contribution in [2.24, 2.45) is 5.92 Å². The van der Waals surface area contributed by atoms with E-state index in [0.717, 1.165) is 31.7 Å². The second-order valence-corrected chi connectivity index (χ2v) is 5.19. The molecule has 0 aromatic carbocycles. The van der Waals surface area contributed by atoms with Crippen LogP contribution in [0.2, 0.25) is 0 Å². The number of nitrogens with zero attached hydrogens (tertiary/aromatic N) is 1. The van der Waals surface area contributed by atoms with Gasteiger partial charge in [-0.1, -0.05) is 13.8 Å². The number of pyridine rings is 1. The van der Waals surface area contributed by atoms with Gasteiger partial charge in [0.15, 0.2) is 0 Å². The molecule has 4 heteroatoms. The molecule has 1 N–H and O–H groups in total. The molecule has 0 radical (unpaired) electrons. The molecule has 20 heavy (non-hydrogen) atoms. The fourth-order valence-electron chi connectivity index (χ4n) is 3.05. The highest BCUT2D eigenvalue weighted by molar-refractivity contribution is 5.27. The van der Waals surface area contributed by atoms with Crippen molar-refractivity contribution in [2.75, 3.05) is 19.8 Å². The molecule has 2 rings (SSSR count). The van der Waals surface area contributed by atoms with Gasteiger partial charge in [0.1, 0.15) is 5.75 Å². The van der Waals surface area contributed by atoms with Gasteiger partial charge in [-0.15, -0.1) is 0 Å². The van der Waals surface area contributed by atoms with Crippen LogP contribution in [0.4, 0.5) is 0 Å². The highest BCUT2D eigenvalue weighted by atomic mass is 16.5. The van der Waals surface area contributed by atoms with Crippen LogP contribution in [0, 0.1) is 5.92 Å². The maximum atomic E-state index is 5.85. The van der Waals surface area contributed by atoms with Gasteiger partial charge in [0, 0.05) is 24.8 Å². The summed E-state index contributed by atoms with van der Waals surface area (Å²) in [7, 11) is 0. The quantitative estimate of drug-likeness (QED) is 0.833. The first-order valence-corrected chi connectivity index (χ1v) is 7.72. The van der Waals surface area contributed by atoms with E-state index in [-0.39, 0.29) is 0 Å². The summed E-state index contributed by atoms with van der Waals surface area (Å²) in [5.41, 5.74) is 1.20. The van der Waals surface area contributed by atoms with Gasteiger partial charge in [-0.05, 0) is 37.9 Å². The Labute approximate surface area is 121 Å². The average Bonchev–Trinajstić information content (AvgIpc) is 2.93. The van der Waals surface area contributed by atoms with Crippen molar-refractivity contribution in [3.8, 4) is 5.75 Å². The Bertz CT molecular complexity index is 411. The van der Waals surface area contributed by atoms with E-state index in [9.17, 15) is 0 Å². The number of nitrogens with one attached hydrogen (secondary N) is 1. The summed E-state index contributed by atoms with van der Waals surface area (Å²) in [5, 5.41) is 3.60. The van der Waals surface area contributed by atoms with E-state index >= 15 is 0 Å². The third-order valence-corrected chi connectivity index (χ3v) is 3.92. The lowest BCUT2D eigenvalue weighted by atomic mass is 9.87. The van der Waals surface area contributed by atoms with Crippen molar-refractivity contribution in [2.45, 2.75) is 45.8 Å². The molecular formula is C16H26N2O2. The average molecular weight is 278 g/mol. The van der Waals surface area contributed by atoms with Crippen LogP contribution in [0.1, 0.15) is 45.2 Å². The van der Waals surface area contributed by atoms with E-state index < -0.39 is 0 Å². The van der Waals surface area contributed by atoms with Crippen molar-refractivity contribution < 1.29 is 9.47 Å². The first-order chi connectivity index (χ1) is 9.80. The zero-order valence-electron chi connectivity index (χ0n) is 12.8. The van der Waals surface area contributed by atoms with Gasteiger partial charge in [0.25, 0.3) is 0 Å². The Morgan fingerprint density at radius 1 is 1.40 bits per heavy atom. The third-order valence-electron chi connectivity index (χ3n) is 3.92. The highest BCUT2D eigenvalue weighted by Crippen LogP contribution is 2.35. The van der Waals surface area contributed by atoms with Crippen LogP contribution in [0.5, 0.6) is 5.75 Å². The normalized spacial score (nSPS) is 23.8. The van der Waals surface area contributed by atoms with Crippen molar-refractivity contribution in [1.29, 1.82) is 0 Å². The first-order valence-electron chi connectivity index (χ1n) is 7.72. The smallest absolute Gasteiger partial charge is 0.137 e. The Hall–Kier alpha value is -1.13. The van der Waals surface area contributed by atoms with Gasteiger partial charge in [-0.25, -0.2) is 0 Å². The van der Waals surface area contributed by atoms with Gasteiger partial charge < -0.3 is 14.8 Å². The number of ether oxygens (including phenoxy) is 2. The second kappa shape index (κ2) is 7.60. The van der Waals surface area contributed by atoms with E-state index in [1.165, 1.54) is 5.56 Å². The summed E-state index contributed by atoms with van der Waals surface area (Å²) < 4.78 is 11.4. The Morgan fingerprint density at radius 3 is 2.95 bits per heavy atom. The molecule has 1 fully saturated rings. The molecule has 0 spiro atoms. The largest absolute Gasteiger partial charge is 0.492 e. The molecule has 112 valence electrons. The van der Waals surface area contributed by atoms with E-state index in [4.69, 9.17) is 9.47 Å². The highest BCUT2D eigenvalue weighted by Gasteiger charge is 2.34. The molecule has 0 aliphatic carbocycles. The first kappa shape index (κ1) is 15.3. The summed E-state index contributed by atoms with van der Waals surface area (Å²) in [4.78, 5) is 4.32. The standard InChI is InChI=1S/C16H26N2O2/c1-4-15-14(7-8-20-15)16(18-5-2)12-9-13(19-6-3)11-17-10-12/h9-11,14-16,18H,4-8H2,1-3H3. The van der Waals surface area contributed by atoms with Crippen LogP contribution in [-0.4, -0.2) is 30.8 Å².